The number of aromatic hydroxyl groups is 1. The van der Waals surface area contributed by atoms with Crippen LogP contribution in [0.4, 0.5) is 5.69 Å². The zero-order chi connectivity index (χ0) is 13.8. The number of rotatable bonds is 3. The smallest absolute Gasteiger partial charge is 0.224 e. The normalized spacial score (nSPS) is 10.2. The van der Waals surface area contributed by atoms with E-state index in [1.165, 1.54) is 11.8 Å². The molecule has 98 valence electrons. The highest BCUT2D eigenvalue weighted by molar-refractivity contribution is 6.30. The van der Waals surface area contributed by atoms with Gasteiger partial charge in [0.15, 0.2) is 0 Å². The molecule has 1 N–H and O–H groups in total. The minimum Gasteiger partial charge on any atom is -0.506 e. The highest BCUT2D eigenvalue weighted by Crippen LogP contribution is 2.28. The van der Waals surface area contributed by atoms with Crippen LogP contribution in [0.1, 0.15) is 12.5 Å². The van der Waals surface area contributed by atoms with Gasteiger partial charge < -0.3 is 10.0 Å². The van der Waals surface area contributed by atoms with Gasteiger partial charge in [0.2, 0.25) is 5.91 Å². The van der Waals surface area contributed by atoms with Crippen molar-refractivity contribution in [2.45, 2.75) is 13.5 Å². The molecule has 4 heteroatoms. The van der Waals surface area contributed by atoms with Gasteiger partial charge in [0, 0.05) is 11.9 Å². The molecule has 2 rings (SSSR count). The van der Waals surface area contributed by atoms with Gasteiger partial charge in [-0.1, -0.05) is 35.9 Å². The minimum absolute atomic E-state index is 0.0895. The average Bonchev–Trinajstić information content (AvgIpc) is 2.39. The molecule has 0 unspecified atom stereocenters. The lowest BCUT2D eigenvalue weighted by atomic mass is 10.2. The van der Waals surface area contributed by atoms with Crippen molar-refractivity contribution < 1.29 is 9.90 Å². The van der Waals surface area contributed by atoms with E-state index in [0.29, 0.717) is 17.3 Å². The second kappa shape index (κ2) is 5.76. The molecule has 0 radical (unpaired) electrons. The summed E-state index contributed by atoms with van der Waals surface area (Å²) in [6.07, 6.45) is 0. The molecule has 0 saturated carbocycles. The van der Waals surface area contributed by atoms with Crippen LogP contribution in [0.3, 0.4) is 0 Å². The molecule has 0 aromatic heterocycles. The molecule has 0 aliphatic heterocycles. The maximum Gasteiger partial charge on any atom is 0.224 e. The van der Waals surface area contributed by atoms with Crippen LogP contribution in [0.25, 0.3) is 0 Å². The van der Waals surface area contributed by atoms with Crippen molar-refractivity contribution in [3.8, 4) is 5.75 Å². The Hall–Kier alpha value is -2.00. The summed E-state index contributed by atoms with van der Waals surface area (Å²) in [5.41, 5.74) is 1.45. The quantitative estimate of drug-likeness (QED) is 0.930. The number of amides is 1. The fraction of sp³-hybridized carbons (Fsp3) is 0.133. The molecule has 0 spiro atoms. The zero-order valence-corrected chi connectivity index (χ0v) is 11.3. The maximum absolute atomic E-state index is 11.8. The molecule has 3 nitrogen and oxygen atoms in total. The third-order valence-corrected chi connectivity index (χ3v) is 3.06. The lowest BCUT2D eigenvalue weighted by molar-refractivity contribution is -0.116. The number of nitrogens with zero attached hydrogens (tertiary/aromatic N) is 1. The summed E-state index contributed by atoms with van der Waals surface area (Å²) < 4.78 is 0. The third kappa shape index (κ3) is 3.26. The monoisotopic (exact) mass is 275 g/mol. The largest absolute Gasteiger partial charge is 0.506 e. The number of para-hydroxylation sites is 2. The number of carbonyl (C=O) groups is 1. The number of carbonyl (C=O) groups excluding carboxylic acids is 1. The summed E-state index contributed by atoms with van der Waals surface area (Å²) in [6.45, 7) is 1.87. The highest BCUT2D eigenvalue weighted by atomic mass is 35.5. The van der Waals surface area contributed by atoms with Gasteiger partial charge in [-0.3, -0.25) is 4.79 Å². The molecule has 19 heavy (non-hydrogen) atoms. The average molecular weight is 276 g/mol. The fourth-order valence-electron chi connectivity index (χ4n) is 1.83. The summed E-state index contributed by atoms with van der Waals surface area (Å²) in [7, 11) is 0. The lowest BCUT2D eigenvalue weighted by Crippen LogP contribution is -2.27. The maximum atomic E-state index is 11.8. The van der Waals surface area contributed by atoms with Crippen molar-refractivity contribution in [2.24, 2.45) is 0 Å². The van der Waals surface area contributed by atoms with Crippen LogP contribution in [0.2, 0.25) is 5.02 Å². The molecule has 0 bridgehead atoms. The Morgan fingerprint density at radius 2 is 1.79 bits per heavy atom. The molecular weight excluding hydrogens is 262 g/mol. The van der Waals surface area contributed by atoms with E-state index in [2.05, 4.69) is 0 Å². The third-order valence-electron chi connectivity index (χ3n) is 2.81. The Morgan fingerprint density at radius 1 is 1.16 bits per heavy atom. The van der Waals surface area contributed by atoms with Crippen molar-refractivity contribution in [1.29, 1.82) is 0 Å². The van der Waals surface area contributed by atoms with Crippen LogP contribution in [0, 0.1) is 0 Å². The van der Waals surface area contributed by atoms with Gasteiger partial charge in [-0.05, 0) is 29.8 Å². The van der Waals surface area contributed by atoms with E-state index in [9.17, 15) is 9.90 Å². The summed E-state index contributed by atoms with van der Waals surface area (Å²) in [5.74, 6) is -0.0388. The van der Waals surface area contributed by atoms with E-state index in [1.807, 2.05) is 12.1 Å². The zero-order valence-electron chi connectivity index (χ0n) is 10.5. The van der Waals surface area contributed by atoms with Gasteiger partial charge in [0.25, 0.3) is 0 Å². The van der Waals surface area contributed by atoms with Crippen LogP contribution >= 0.6 is 11.6 Å². The Balaban J connectivity index is 2.29. The molecule has 0 saturated heterocycles. The van der Waals surface area contributed by atoms with Crippen molar-refractivity contribution in [2.75, 3.05) is 4.90 Å². The van der Waals surface area contributed by atoms with Gasteiger partial charge in [-0.25, -0.2) is 0 Å². The summed E-state index contributed by atoms with van der Waals surface area (Å²) in [5, 5.41) is 10.5. The second-order valence-electron chi connectivity index (χ2n) is 4.22. The van der Waals surface area contributed by atoms with Crippen LogP contribution in [0.5, 0.6) is 5.75 Å². The fourth-order valence-corrected chi connectivity index (χ4v) is 1.96. The number of anilines is 1. The Labute approximate surface area is 117 Å². The van der Waals surface area contributed by atoms with Crippen molar-refractivity contribution in [1.82, 2.24) is 0 Å². The lowest BCUT2D eigenvalue weighted by Gasteiger charge is -2.22. The van der Waals surface area contributed by atoms with E-state index < -0.39 is 0 Å². The van der Waals surface area contributed by atoms with Crippen molar-refractivity contribution >= 4 is 23.2 Å². The topological polar surface area (TPSA) is 40.5 Å². The number of hydrogen-bond acceptors (Lipinski definition) is 2. The van der Waals surface area contributed by atoms with Gasteiger partial charge in [-0.15, -0.1) is 0 Å². The van der Waals surface area contributed by atoms with E-state index in [1.54, 1.807) is 36.4 Å². The Bertz CT molecular complexity index is 581. The van der Waals surface area contributed by atoms with Crippen LogP contribution < -0.4 is 4.90 Å². The number of phenolic OH excluding ortho intramolecular Hbond substituents is 1. The second-order valence-corrected chi connectivity index (χ2v) is 4.66. The molecule has 0 fully saturated rings. The molecule has 0 aliphatic carbocycles. The molecule has 0 atom stereocenters. The van der Waals surface area contributed by atoms with E-state index in [-0.39, 0.29) is 11.7 Å². The highest BCUT2D eigenvalue weighted by Gasteiger charge is 2.15. The van der Waals surface area contributed by atoms with Gasteiger partial charge in [0.05, 0.1) is 12.2 Å². The van der Waals surface area contributed by atoms with Crippen LogP contribution in [-0.2, 0) is 11.3 Å². The Morgan fingerprint density at radius 3 is 2.37 bits per heavy atom. The standard InChI is InChI=1S/C15H14ClNO2/c1-11(18)17(14-4-2-3-5-15(14)19)10-12-6-8-13(16)9-7-12/h2-9,19H,10H2,1H3. The van der Waals surface area contributed by atoms with Gasteiger partial charge in [0.1, 0.15) is 5.75 Å². The first kappa shape index (κ1) is 13.4. The van der Waals surface area contributed by atoms with E-state index in [0.717, 1.165) is 5.56 Å². The molecule has 0 aliphatic rings. The van der Waals surface area contributed by atoms with E-state index >= 15 is 0 Å². The molecular formula is C15H14ClNO2. The Kier molecular flexibility index (Phi) is 4.07. The summed E-state index contributed by atoms with van der Waals surface area (Å²) in [4.78, 5) is 13.3. The van der Waals surface area contributed by atoms with Gasteiger partial charge in [-0.2, -0.15) is 0 Å². The van der Waals surface area contributed by atoms with Crippen LogP contribution in [-0.4, -0.2) is 11.0 Å². The number of halogens is 1. The number of benzene rings is 2. The predicted octanol–water partition coefficient (Wildman–Crippen LogP) is 3.60. The molecule has 0 heterocycles. The molecule has 2 aromatic rings. The minimum atomic E-state index is -0.128. The van der Waals surface area contributed by atoms with Gasteiger partial charge >= 0.3 is 0 Å². The van der Waals surface area contributed by atoms with Crippen molar-refractivity contribution in [3.05, 3.63) is 59.1 Å². The SMILES string of the molecule is CC(=O)N(Cc1ccc(Cl)cc1)c1ccccc1O. The van der Waals surface area contributed by atoms with Crippen molar-refractivity contribution in [3.63, 3.8) is 0 Å². The first-order chi connectivity index (χ1) is 9.08. The summed E-state index contributed by atoms with van der Waals surface area (Å²) in [6, 6.07) is 14.1. The number of hydrogen-bond donors (Lipinski definition) is 1. The molecule has 1 amide bonds. The molecule has 2 aromatic carbocycles. The van der Waals surface area contributed by atoms with E-state index in [4.69, 9.17) is 11.6 Å². The number of phenols is 1. The first-order valence-corrected chi connectivity index (χ1v) is 6.26. The first-order valence-electron chi connectivity index (χ1n) is 5.88. The van der Waals surface area contributed by atoms with Crippen LogP contribution in [0.15, 0.2) is 48.5 Å². The predicted molar refractivity (Wildman–Crippen MR) is 76.4 cm³/mol. The summed E-state index contributed by atoms with van der Waals surface area (Å²) >= 11 is 5.83.